The van der Waals surface area contributed by atoms with Gasteiger partial charge in [-0.1, -0.05) is 74.6 Å². The van der Waals surface area contributed by atoms with Gasteiger partial charge in [-0.25, -0.2) is 16.8 Å². The summed E-state index contributed by atoms with van der Waals surface area (Å²) in [6.45, 7) is 0.345. The summed E-state index contributed by atoms with van der Waals surface area (Å²) in [6, 6.07) is 12.7. The van der Waals surface area contributed by atoms with Crippen LogP contribution in [0.2, 0.25) is 0 Å². The Morgan fingerprint density at radius 3 is 2.12 bits per heavy atom. The van der Waals surface area contributed by atoms with Crippen LogP contribution in [0.25, 0.3) is 11.1 Å². The topological polar surface area (TPSA) is 182 Å². The van der Waals surface area contributed by atoms with Gasteiger partial charge in [0, 0.05) is 12.5 Å². The summed E-state index contributed by atoms with van der Waals surface area (Å²) in [5.41, 5.74) is -0.780. The van der Waals surface area contributed by atoms with Gasteiger partial charge in [0.1, 0.15) is 16.2 Å². The van der Waals surface area contributed by atoms with E-state index in [-0.39, 0.29) is 59.1 Å². The molecule has 2 aromatic carbocycles. The number of rotatable bonds is 12. The Morgan fingerprint density at radius 2 is 1.55 bits per heavy atom. The van der Waals surface area contributed by atoms with Gasteiger partial charge in [0.25, 0.3) is 0 Å². The Hall–Kier alpha value is -1.84. The number of benzene rings is 2. The molecule has 1 saturated carbocycles. The summed E-state index contributed by atoms with van der Waals surface area (Å²) in [5, 5.41) is 15.3. The molecule has 0 aromatic heterocycles. The van der Waals surface area contributed by atoms with Crippen molar-refractivity contribution in [3.8, 4) is 11.1 Å². The number of carbonyl (C=O) groups is 2. The smallest absolute Gasteiger partial charge is 0.746 e. The third-order valence-corrected chi connectivity index (χ3v) is 10.3. The van der Waals surface area contributed by atoms with Crippen molar-refractivity contribution in [1.29, 1.82) is 0 Å². The minimum Gasteiger partial charge on any atom is -0.746 e. The van der Waals surface area contributed by atoms with Crippen LogP contribution >= 0.6 is 0 Å². The summed E-state index contributed by atoms with van der Waals surface area (Å²) in [4.78, 5) is 25.6. The average molecular weight is 630 g/mol. The van der Waals surface area contributed by atoms with Crippen LogP contribution in [0.1, 0.15) is 51.4 Å². The van der Waals surface area contributed by atoms with E-state index < -0.39 is 49.5 Å². The van der Waals surface area contributed by atoms with E-state index >= 15 is 0 Å². The van der Waals surface area contributed by atoms with Crippen molar-refractivity contribution >= 4 is 32.0 Å². The summed E-state index contributed by atoms with van der Waals surface area (Å²) in [5.74, 6) is -1.91. The predicted molar refractivity (Wildman–Crippen MR) is 151 cm³/mol. The molecule has 2 aromatic rings. The fourth-order valence-electron chi connectivity index (χ4n) is 5.58. The molecule has 4 atom stereocenters. The van der Waals surface area contributed by atoms with Crippen molar-refractivity contribution in [3.63, 3.8) is 0 Å². The Labute approximate surface area is 269 Å². The van der Waals surface area contributed by atoms with E-state index in [1.165, 1.54) is 12.1 Å². The molecule has 4 N–H and O–H groups in total. The first kappa shape index (κ1) is 34.6. The van der Waals surface area contributed by atoms with E-state index in [2.05, 4.69) is 15.4 Å². The van der Waals surface area contributed by atoms with Crippen molar-refractivity contribution in [1.82, 2.24) is 15.4 Å². The van der Waals surface area contributed by atoms with Gasteiger partial charge >= 0.3 is 29.6 Å². The molecule has 1 saturated heterocycles. The zero-order valence-electron chi connectivity index (χ0n) is 23.6. The first-order valence-electron chi connectivity index (χ1n) is 13.8. The fourth-order valence-corrected chi connectivity index (χ4v) is 7.37. The number of amides is 2. The maximum Gasteiger partial charge on any atom is 1.00 e. The molecular weight excluding hydrogens is 593 g/mol. The molecular formula is C28H36N3NaO8S2. The molecule has 14 heteroatoms. The van der Waals surface area contributed by atoms with E-state index in [0.717, 1.165) is 43.2 Å². The molecule has 2 amide bonds. The molecule has 1 aliphatic heterocycles. The Balaban J connectivity index is 0.00000484. The second-order valence-corrected chi connectivity index (χ2v) is 14.0. The van der Waals surface area contributed by atoms with Gasteiger partial charge in [-0.2, -0.15) is 4.72 Å². The van der Waals surface area contributed by atoms with E-state index in [1.807, 2.05) is 30.3 Å². The minimum absolute atomic E-state index is 0. The molecule has 42 heavy (non-hydrogen) atoms. The predicted octanol–water partition coefficient (Wildman–Crippen LogP) is -1.15. The maximum absolute atomic E-state index is 13.5. The zero-order valence-corrected chi connectivity index (χ0v) is 27.2. The van der Waals surface area contributed by atoms with Gasteiger partial charge < -0.3 is 20.3 Å². The van der Waals surface area contributed by atoms with Gasteiger partial charge in [-0.3, -0.25) is 9.59 Å². The number of hydrogen-bond donors (Lipinski definition) is 4. The Kier molecular flexibility index (Phi) is 12.6. The molecule has 224 valence electrons. The minimum atomic E-state index is -5.24. The number of sulfonamides is 1. The monoisotopic (exact) mass is 629 g/mol. The molecule has 0 bridgehead atoms. The van der Waals surface area contributed by atoms with Crippen molar-refractivity contribution in [2.45, 2.75) is 73.8 Å². The van der Waals surface area contributed by atoms with E-state index in [4.69, 9.17) is 0 Å². The van der Waals surface area contributed by atoms with Gasteiger partial charge in [0.05, 0.1) is 10.9 Å². The molecule has 0 radical (unpaired) electrons. The second kappa shape index (κ2) is 15.2. The fraction of sp³-hybridized carbons (Fsp3) is 0.500. The van der Waals surface area contributed by atoms with Crippen LogP contribution in [0, 0.1) is 11.8 Å². The number of nitrogens with one attached hydrogen (secondary N) is 3. The van der Waals surface area contributed by atoms with Crippen LogP contribution in [-0.4, -0.2) is 62.4 Å². The Bertz CT molecular complexity index is 1420. The number of aliphatic hydroxyl groups excluding tert-OH is 1. The standard InChI is InChI=1S/C28H37N3O8S2.Na/c32-26-22(15-16-29-26)18-25(28(34)41(37,38)39)30-27(33)24(17-19-7-3-1-4-8-19)31-40(35,36)23-13-11-21(12-14-23)20-9-5-2-6-10-20;/h2,5-6,9-14,19,22,24-25,28,31,34H,1,3-4,7-8,15-18H2,(H,29,32)(H,30,33)(H,37,38,39);/q;+1/p-1/t22-,24-,25-,28?;/m0./s1. The quantitative estimate of drug-likeness (QED) is 0.168. The van der Waals surface area contributed by atoms with Crippen LogP contribution < -0.4 is 44.9 Å². The SMILES string of the molecule is O=C1NCC[C@H]1C[C@H](NC(=O)[C@H](CC1CCCCC1)NS(=O)(=O)c1ccc(-c2ccccc2)cc1)C(O)S(=O)(=O)[O-].[Na+]. The van der Waals surface area contributed by atoms with Gasteiger partial charge in [-0.05, 0) is 48.4 Å². The summed E-state index contributed by atoms with van der Waals surface area (Å²) in [7, 11) is -9.43. The molecule has 2 fully saturated rings. The van der Waals surface area contributed by atoms with Gasteiger partial charge in [-0.15, -0.1) is 0 Å². The second-order valence-electron chi connectivity index (χ2n) is 10.8. The van der Waals surface area contributed by atoms with E-state index in [1.54, 1.807) is 12.1 Å². The number of aliphatic hydroxyl groups is 1. The van der Waals surface area contributed by atoms with E-state index in [9.17, 15) is 36.1 Å². The summed E-state index contributed by atoms with van der Waals surface area (Å²) in [6.07, 6.45) is 4.76. The molecule has 0 spiro atoms. The first-order valence-corrected chi connectivity index (χ1v) is 16.8. The first-order chi connectivity index (χ1) is 19.4. The number of carbonyl (C=O) groups excluding carboxylic acids is 2. The molecule has 4 rings (SSSR count). The average Bonchev–Trinajstić information content (AvgIpc) is 3.36. The maximum atomic E-state index is 13.5. The normalized spacial score (nSPS) is 20.1. The molecule has 1 unspecified atom stereocenters. The summed E-state index contributed by atoms with van der Waals surface area (Å²) < 4.78 is 64.3. The van der Waals surface area contributed by atoms with E-state index in [0.29, 0.717) is 13.0 Å². The van der Waals surface area contributed by atoms with Crippen molar-refractivity contribution in [2.24, 2.45) is 11.8 Å². The van der Waals surface area contributed by atoms with Crippen LogP contribution in [0.5, 0.6) is 0 Å². The van der Waals surface area contributed by atoms with Crippen LogP contribution in [-0.2, 0) is 29.7 Å². The Morgan fingerprint density at radius 1 is 0.929 bits per heavy atom. The third-order valence-electron chi connectivity index (χ3n) is 7.85. The summed E-state index contributed by atoms with van der Waals surface area (Å²) >= 11 is 0. The van der Waals surface area contributed by atoms with Gasteiger partial charge in [0.2, 0.25) is 21.8 Å². The van der Waals surface area contributed by atoms with Crippen LogP contribution in [0.3, 0.4) is 0 Å². The molecule has 1 aliphatic carbocycles. The molecule has 11 nitrogen and oxygen atoms in total. The molecule has 1 heterocycles. The van der Waals surface area contributed by atoms with Crippen molar-refractivity contribution in [2.75, 3.05) is 6.54 Å². The molecule has 2 aliphatic rings. The van der Waals surface area contributed by atoms with Crippen LogP contribution in [0.4, 0.5) is 0 Å². The third kappa shape index (κ3) is 9.33. The number of hydrogen-bond acceptors (Lipinski definition) is 8. The van der Waals surface area contributed by atoms with Gasteiger partial charge in [0.15, 0.2) is 5.44 Å². The largest absolute Gasteiger partial charge is 1.00 e. The van der Waals surface area contributed by atoms with Crippen molar-refractivity contribution in [3.05, 3.63) is 54.6 Å². The zero-order chi connectivity index (χ0) is 29.6. The van der Waals surface area contributed by atoms with Crippen LogP contribution in [0.15, 0.2) is 59.5 Å². The van der Waals surface area contributed by atoms with Crippen molar-refractivity contribution < 1.29 is 65.6 Å².